The van der Waals surface area contributed by atoms with Crippen LogP contribution in [-0.4, -0.2) is 10.2 Å². The first-order chi connectivity index (χ1) is 8.24. The SMILES string of the molecule is Oc1ccc(NC(=S)NCc2ccco2)cc1. The quantitative estimate of drug-likeness (QED) is 0.575. The maximum Gasteiger partial charge on any atom is 0.171 e. The Morgan fingerprint density at radius 1 is 1.24 bits per heavy atom. The summed E-state index contributed by atoms with van der Waals surface area (Å²) in [6, 6.07) is 10.4. The second-order valence-electron chi connectivity index (χ2n) is 3.43. The van der Waals surface area contributed by atoms with Gasteiger partial charge in [-0.1, -0.05) is 0 Å². The fraction of sp³-hybridized carbons (Fsp3) is 0.0833. The third-order valence-corrected chi connectivity index (χ3v) is 2.37. The summed E-state index contributed by atoms with van der Waals surface area (Å²) in [4.78, 5) is 0. The number of hydrogen-bond acceptors (Lipinski definition) is 3. The third kappa shape index (κ3) is 3.49. The molecule has 0 fully saturated rings. The first kappa shape index (κ1) is 11.5. The topological polar surface area (TPSA) is 57.4 Å². The van der Waals surface area contributed by atoms with E-state index in [1.165, 1.54) is 0 Å². The summed E-state index contributed by atoms with van der Waals surface area (Å²) in [5.74, 6) is 1.05. The van der Waals surface area contributed by atoms with E-state index in [9.17, 15) is 0 Å². The lowest BCUT2D eigenvalue weighted by Crippen LogP contribution is -2.27. The van der Waals surface area contributed by atoms with Crippen LogP contribution in [0.2, 0.25) is 0 Å². The molecular formula is C12H12N2O2S. The van der Waals surface area contributed by atoms with Crippen LogP contribution in [0.1, 0.15) is 5.76 Å². The van der Waals surface area contributed by atoms with Crippen LogP contribution < -0.4 is 10.6 Å². The van der Waals surface area contributed by atoms with Gasteiger partial charge in [-0.3, -0.25) is 0 Å². The highest BCUT2D eigenvalue weighted by Crippen LogP contribution is 2.13. The van der Waals surface area contributed by atoms with Crippen molar-refractivity contribution in [2.24, 2.45) is 0 Å². The molecule has 0 spiro atoms. The lowest BCUT2D eigenvalue weighted by atomic mass is 10.3. The van der Waals surface area contributed by atoms with Crippen molar-refractivity contribution in [3.05, 3.63) is 48.4 Å². The van der Waals surface area contributed by atoms with Gasteiger partial charge in [0.15, 0.2) is 5.11 Å². The molecule has 0 bridgehead atoms. The van der Waals surface area contributed by atoms with Gasteiger partial charge in [0, 0.05) is 5.69 Å². The molecule has 0 atom stereocenters. The number of benzene rings is 1. The molecule has 0 unspecified atom stereocenters. The van der Waals surface area contributed by atoms with Crippen molar-refractivity contribution in [1.29, 1.82) is 0 Å². The molecule has 1 aromatic heterocycles. The van der Waals surface area contributed by atoms with Gasteiger partial charge in [0.1, 0.15) is 11.5 Å². The molecule has 4 nitrogen and oxygen atoms in total. The molecule has 1 heterocycles. The van der Waals surface area contributed by atoms with Crippen molar-refractivity contribution < 1.29 is 9.52 Å². The number of thiocarbonyl (C=S) groups is 1. The molecule has 0 saturated heterocycles. The molecule has 1 aromatic carbocycles. The van der Waals surface area contributed by atoms with Gasteiger partial charge in [-0.15, -0.1) is 0 Å². The summed E-state index contributed by atoms with van der Waals surface area (Å²) in [7, 11) is 0. The number of hydrogen-bond donors (Lipinski definition) is 3. The van der Waals surface area contributed by atoms with E-state index < -0.39 is 0 Å². The van der Waals surface area contributed by atoms with Gasteiger partial charge in [0.2, 0.25) is 0 Å². The second kappa shape index (κ2) is 5.36. The van der Waals surface area contributed by atoms with E-state index in [-0.39, 0.29) is 5.75 Å². The number of anilines is 1. The number of furan rings is 1. The maximum absolute atomic E-state index is 9.13. The van der Waals surface area contributed by atoms with Crippen molar-refractivity contribution in [3.63, 3.8) is 0 Å². The van der Waals surface area contributed by atoms with Crippen LogP contribution in [0.15, 0.2) is 47.1 Å². The van der Waals surface area contributed by atoms with E-state index in [4.69, 9.17) is 21.7 Å². The van der Waals surface area contributed by atoms with E-state index in [2.05, 4.69) is 10.6 Å². The molecule has 2 rings (SSSR count). The summed E-state index contributed by atoms with van der Waals surface area (Å²) in [5.41, 5.74) is 0.819. The Balaban J connectivity index is 1.83. The van der Waals surface area contributed by atoms with Gasteiger partial charge in [0.25, 0.3) is 0 Å². The van der Waals surface area contributed by atoms with Crippen molar-refractivity contribution in [1.82, 2.24) is 5.32 Å². The molecule has 5 heteroatoms. The van der Waals surface area contributed by atoms with Crippen LogP contribution in [0.3, 0.4) is 0 Å². The normalized spacial score (nSPS) is 9.88. The number of aromatic hydroxyl groups is 1. The third-order valence-electron chi connectivity index (χ3n) is 2.13. The first-order valence-corrected chi connectivity index (χ1v) is 5.51. The molecule has 0 aliphatic rings. The Labute approximate surface area is 104 Å². The Morgan fingerprint density at radius 2 is 2.00 bits per heavy atom. The molecule has 0 amide bonds. The Bertz CT molecular complexity index is 480. The summed E-state index contributed by atoms with van der Waals surface area (Å²) in [6.45, 7) is 0.539. The number of rotatable bonds is 3. The molecule has 2 aromatic rings. The number of phenols is 1. The zero-order valence-corrected chi connectivity index (χ0v) is 9.83. The minimum Gasteiger partial charge on any atom is -0.508 e. The van der Waals surface area contributed by atoms with Crippen LogP contribution in [0.4, 0.5) is 5.69 Å². The zero-order chi connectivity index (χ0) is 12.1. The van der Waals surface area contributed by atoms with Gasteiger partial charge in [0.05, 0.1) is 12.8 Å². The van der Waals surface area contributed by atoms with E-state index in [0.29, 0.717) is 11.7 Å². The highest BCUT2D eigenvalue weighted by molar-refractivity contribution is 7.80. The number of phenolic OH excluding ortho intramolecular Hbond substituents is 1. The van der Waals surface area contributed by atoms with Gasteiger partial charge >= 0.3 is 0 Å². The average Bonchev–Trinajstić information content (AvgIpc) is 2.83. The van der Waals surface area contributed by atoms with E-state index in [1.807, 2.05) is 12.1 Å². The molecule has 3 N–H and O–H groups in total. The monoisotopic (exact) mass is 248 g/mol. The first-order valence-electron chi connectivity index (χ1n) is 5.10. The van der Waals surface area contributed by atoms with Crippen LogP contribution in [-0.2, 0) is 6.54 Å². The fourth-order valence-electron chi connectivity index (χ4n) is 1.30. The molecule has 17 heavy (non-hydrogen) atoms. The second-order valence-corrected chi connectivity index (χ2v) is 3.84. The Hall–Kier alpha value is -2.01. The molecule has 0 aliphatic heterocycles. The van der Waals surface area contributed by atoms with Gasteiger partial charge in [-0.05, 0) is 48.6 Å². The Morgan fingerprint density at radius 3 is 2.65 bits per heavy atom. The predicted molar refractivity (Wildman–Crippen MR) is 69.9 cm³/mol. The van der Waals surface area contributed by atoms with Crippen LogP contribution in [0, 0.1) is 0 Å². The van der Waals surface area contributed by atoms with E-state index >= 15 is 0 Å². The standard InChI is InChI=1S/C12H12N2O2S/c15-10-5-3-9(4-6-10)14-12(17)13-8-11-2-1-7-16-11/h1-7,15H,8H2,(H2,13,14,17). The zero-order valence-electron chi connectivity index (χ0n) is 9.01. The minimum atomic E-state index is 0.227. The summed E-state index contributed by atoms with van der Waals surface area (Å²) in [6.07, 6.45) is 1.62. The lowest BCUT2D eigenvalue weighted by molar-refractivity contribution is 0.475. The molecule has 0 aliphatic carbocycles. The van der Waals surface area contributed by atoms with Gasteiger partial charge < -0.3 is 20.2 Å². The Kier molecular flexibility index (Phi) is 3.62. The predicted octanol–water partition coefficient (Wildman–Crippen LogP) is 2.47. The smallest absolute Gasteiger partial charge is 0.171 e. The molecule has 0 saturated carbocycles. The minimum absolute atomic E-state index is 0.227. The number of nitrogens with one attached hydrogen (secondary N) is 2. The maximum atomic E-state index is 9.13. The fourth-order valence-corrected chi connectivity index (χ4v) is 1.49. The summed E-state index contributed by atoms with van der Waals surface area (Å²) < 4.78 is 5.17. The van der Waals surface area contributed by atoms with E-state index in [1.54, 1.807) is 30.5 Å². The van der Waals surface area contributed by atoms with Gasteiger partial charge in [-0.2, -0.15) is 0 Å². The largest absolute Gasteiger partial charge is 0.508 e. The average molecular weight is 248 g/mol. The van der Waals surface area contributed by atoms with Crippen LogP contribution in [0.5, 0.6) is 5.75 Å². The van der Waals surface area contributed by atoms with Crippen LogP contribution in [0.25, 0.3) is 0 Å². The summed E-state index contributed by atoms with van der Waals surface area (Å²) in [5, 5.41) is 15.6. The molecular weight excluding hydrogens is 236 g/mol. The highest BCUT2D eigenvalue weighted by atomic mass is 32.1. The van der Waals surface area contributed by atoms with Crippen molar-refractivity contribution in [3.8, 4) is 5.75 Å². The summed E-state index contributed by atoms with van der Waals surface area (Å²) >= 11 is 5.12. The van der Waals surface area contributed by atoms with Crippen LogP contribution >= 0.6 is 12.2 Å². The van der Waals surface area contributed by atoms with Crippen molar-refractivity contribution in [2.45, 2.75) is 6.54 Å². The lowest BCUT2D eigenvalue weighted by Gasteiger charge is -2.09. The van der Waals surface area contributed by atoms with E-state index in [0.717, 1.165) is 11.4 Å². The van der Waals surface area contributed by atoms with Crippen molar-refractivity contribution >= 4 is 23.0 Å². The molecule has 0 radical (unpaired) electrons. The van der Waals surface area contributed by atoms with Gasteiger partial charge in [-0.25, -0.2) is 0 Å². The highest BCUT2D eigenvalue weighted by Gasteiger charge is 1.99. The molecule has 88 valence electrons. The van der Waals surface area contributed by atoms with Crippen molar-refractivity contribution in [2.75, 3.05) is 5.32 Å².